The molecule has 1 atom stereocenters. The van der Waals surface area contributed by atoms with Crippen LogP contribution >= 0.6 is 46.9 Å². The summed E-state index contributed by atoms with van der Waals surface area (Å²) in [6.45, 7) is 3.86. The molecule has 0 aliphatic carbocycles. The normalized spacial score (nSPS) is 11.8. The van der Waals surface area contributed by atoms with Crippen LogP contribution in [0, 0.1) is 5.41 Å². The lowest BCUT2D eigenvalue weighted by atomic mass is 9.92. The standard InChI is InChI=1S/C30H43ClN8S3/c1-39(19-14-26(27-9-5-7-15-34-27)23-10-12-24(31)13-11-23)18-8-4-2-3-6-16-35-29(40)36-17-20-41-21-25-22-42-30(37-25)38-28(32)33/h5,7,9-13,15,22,26H,2-4,6,8,14,16-21H2,1H3,(H2,35,36,40)(H4,32,33,37,38). The number of halogens is 1. The van der Waals surface area contributed by atoms with Crippen molar-refractivity contribution in [1.82, 2.24) is 25.5 Å². The van der Waals surface area contributed by atoms with Gasteiger partial charge in [-0.15, -0.1) is 11.3 Å². The van der Waals surface area contributed by atoms with Crippen LogP contribution < -0.4 is 21.7 Å². The summed E-state index contributed by atoms with van der Waals surface area (Å²) in [7, 11) is 2.22. The molecule has 6 N–H and O–H groups in total. The number of pyridine rings is 1. The van der Waals surface area contributed by atoms with Gasteiger partial charge < -0.3 is 26.6 Å². The highest BCUT2D eigenvalue weighted by atomic mass is 35.5. The third-order valence-electron chi connectivity index (χ3n) is 6.69. The van der Waals surface area contributed by atoms with E-state index in [0.29, 0.717) is 5.13 Å². The van der Waals surface area contributed by atoms with Crippen molar-refractivity contribution in [1.29, 1.82) is 5.41 Å². The molecule has 0 amide bonds. The number of nitrogens with one attached hydrogen (secondary N) is 4. The Kier molecular flexibility index (Phi) is 16.0. The van der Waals surface area contributed by atoms with E-state index in [0.717, 1.165) is 72.0 Å². The number of unbranched alkanes of at least 4 members (excludes halogenated alkanes) is 4. The molecular formula is C30H43ClN8S3. The Bertz CT molecular complexity index is 1190. The minimum absolute atomic E-state index is 0.0923. The number of hydrogen-bond acceptors (Lipinski definition) is 7. The molecule has 0 fully saturated rings. The molecule has 3 rings (SSSR count). The first-order valence-electron chi connectivity index (χ1n) is 14.4. The number of nitrogens with zero attached hydrogens (tertiary/aromatic N) is 3. The molecule has 1 aromatic carbocycles. The average Bonchev–Trinajstić information content (AvgIpc) is 3.42. The molecule has 8 nitrogen and oxygen atoms in total. The van der Waals surface area contributed by atoms with Gasteiger partial charge in [-0.25, -0.2) is 4.98 Å². The minimum atomic E-state index is -0.0923. The third kappa shape index (κ3) is 13.7. The van der Waals surface area contributed by atoms with Crippen LogP contribution in [-0.4, -0.2) is 64.9 Å². The predicted molar refractivity (Wildman–Crippen MR) is 185 cm³/mol. The van der Waals surface area contributed by atoms with Crippen LogP contribution in [0.15, 0.2) is 54.0 Å². The summed E-state index contributed by atoms with van der Waals surface area (Å²) in [6, 6.07) is 14.3. The fourth-order valence-corrected chi connectivity index (χ4v) is 6.39. The highest BCUT2D eigenvalue weighted by molar-refractivity contribution is 7.98. The number of anilines is 1. The van der Waals surface area contributed by atoms with E-state index in [1.165, 1.54) is 42.6 Å². The summed E-state index contributed by atoms with van der Waals surface area (Å²) in [4.78, 5) is 11.5. The van der Waals surface area contributed by atoms with Crippen molar-refractivity contribution in [2.24, 2.45) is 5.73 Å². The number of guanidine groups is 1. The maximum absolute atomic E-state index is 7.25. The highest BCUT2D eigenvalue weighted by Gasteiger charge is 2.16. The number of aromatic nitrogens is 2. The quantitative estimate of drug-likeness (QED) is 0.0443. The Labute approximate surface area is 269 Å². The van der Waals surface area contributed by atoms with Gasteiger partial charge in [-0.1, -0.05) is 49.1 Å². The van der Waals surface area contributed by atoms with Crippen LogP contribution in [0.5, 0.6) is 0 Å². The van der Waals surface area contributed by atoms with E-state index in [4.69, 9.17) is 35.0 Å². The van der Waals surface area contributed by atoms with E-state index in [1.54, 1.807) is 11.8 Å². The van der Waals surface area contributed by atoms with Crippen molar-refractivity contribution in [3.63, 3.8) is 0 Å². The molecule has 42 heavy (non-hydrogen) atoms. The van der Waals surface area contributed by atoms with Crippen LogP contribution in [0.4, 0.5) is 5.13 Å². The highest BCUT2D eigenvalue weighted by Crippen LogP contribution is 2.28. The summed E-state index contributed by atoms with van der Waals surface area (Å²) in [5.41, 5.74) is 8.70. The van der Waals surface area contributed by atoms with Crippen LogP contribution in [-0.2, 0) is 5.75 Å². The topological polar surface area (TPSA) is 115 Å². The average molecular weight is 647 g/mol. The summed E-state index contributed by atoms with van der Waals surface area (Å²) in [6.07, 6.45) is 8.94. The number of thiazole rings is 1. The Balaban J connectivity index is 1.17. The first-order valence-corrected chi connectivity index (χ1v) is 17.2. The number of benzene rings is 1. The van der Waals surface area contributed by atoms with Crippen molar-refractivity contribution >= 4 is 63.1 Å². The molecule has 2 aromatic heterocycles. The van der Waals surface area contributed by atoms with Gasteiger partial charge in [-0.2, -0.15) is 11.8 Å². The minimum Gasteiger partial charge on any atom is -0.370 e. The summed E-state index contributed by atoms with van der Waals surface area (Å²) < 4.78 is 0. The van der Waals surface area contributed by atoms with E-state index in [-0.39, 0.29) is 11.9 Å². The zero-order valence-electron chi connectivity index (χ0n) is 24.3. The van der Waals surface area contributed by atoms with Crippen LogP contribution in [0.25, 0.3) is 0 Å². The van der Waals surface area contributed by atoms with E-state index >= 15 is 0 Å². The molecule has 228 valence electrons. The number of nitrogens with two attached hydrogens (primary N) is 1. The zero-order chi connectivity index (χ0) is 30.0. The molecule has 0 saturated carbocycles. The van der Waals surface area contributed by atoms with E-state index in [2.05, 4.69) is 62.1 Å². The molecule has 12 heteroatoms. The largest absolute Gasteiger partial charge is 0.370 e. The molecule has 0 radical (unpaired) electrons. The zero-order valence-corrected chi connectivity index (χ0v) is 27.5. The molecule has 1 unspecified atom stereocenters. The van der Waals surface area contributed by atoms with Gasteiger partial charge in [0.25, 0.3) is 0 Å². The predicted octanol–water partition coefficient (Wildman–Crippen LogP) is 6.30. The van der Waals surface area contributed by atoms with Gasteiger partial charge in [0.15, 0.2) is 16.2 Å². The second-order valence-corrected chi connectivity index (χ2v) is 12.9. The van der Waals surface area contributed by atoms with Gasteiger partial charge in [-0.05, 0) is 81.4 Å². The Morgan fingerprint density at radius 1 is 1.07 bits per heavy atom. The van der Waals surface area contributed by atoms with E-state index in [1.807, 2.05) is 29.8 Å². The maximum atomic E-state index is 7.25. The van der Waals surface area contributed by atoms with Crippen LogP contribution in [0.2, 0.25) is 5.02 Å². The van der Waals surface area contributed by atoms with Crippen molar-refractivity contribution in [2.75, 3.05) is 44.3 Å². The van der Waals surface area contributed by atoms with E-state index in [9.17, 15) is 0 Å². The Morgan fingerprint density at radius 3 is 2.60 bits per heavy atom. The SMILES string of the molecule is CN(CCCCCCCNC(=S)NCCSCc1csc(NC(=N)N)n1)CCC(c1ccc(Cl)cc1)c1ccccn1. The first-order chi connectivity index (χ1) is 20.4. The van der Waals surface area contributed by atoms with Gasteiger partial charge in [0.2, 0.25) is 0 Å². The Morgan fingerprint density at radius 2 is 1.83 bits per heavy atom. The van der Waals surface area contributed by atoms with Crippen LogP contribution in [0.3, 0.4) is 0 Å². The van der Waals surface area contributed by atoms with Gasteiger partial charge in [0, 0.05) is 52.8 Å². The second kappa shape index (κ2) is 19.7. The molecule has 0 aliphatic rings. The summed E-state index contributed by atoms with van der Waals surface area (Å²) >= 11 is 14.8. The van der Waals surface area contributed by atoms with Crippen molar-refractivity contribution in [2.45, 2.75) is 50.2 Å². The number of thioether (sulfide) groups is 1. The monoisotopic (exact) mass is 646 g/mol. The molecule has 3 aromatic rings. The molecule has 0 saturated heterocycles. The van der Waals surface area contributed by atoms with Crippen molar-refractivity contribution < 1.29 is 0 Å². The lowest BCUT2D eigenvalue weighted by Gasteiger charge is -2.22. The van der Waals surface area contributed by atoms with Gasteiger partial charge >= 0.3 is 0 Å². The first kappa shape index (κ1) is 34.1. The lowest BCUT2D eigenvalue weighted by molar-refractivity contribution is 0.313. The fraction of sp³-hybridized carbons (Fsp3) is 0.467. The van der Waals surface area contributed by atoms with Gasteiger partial charge in [0.1, 0.15) is 0 Å². The van der Waals surface area contributed by atoms with Gasteiger partial charge in [-0.3, -0.25) is 10.4 Å². The smallest absolute Gasteiger partial charge is 0.192 e. The van der Waals surface area contributed by atoms with E-state index < -0.39 is 0 Å². The summed E-state index contributed by atoms with van der Waals surface area (Å²) in [5, 5.41) is 20.7. The second-order valence-electron chi connectivity index (χ2n) is 10.1. The van der Waals surface area contributed by atoms with Crippen LogP contribution in [0.1, 0.15) is 61.4 Å². The molecular weight excluding hydrogens is 604 g/mol. The fourth-order valence-electron chi connectivity index (χ4n) is 4.48. The number of thiocarbonyl (C=S) groups is 1. The summed E-state index contributed by atoms with van der Waals surface area (Å²) in [5.74, 6) is 1.94. The van der Waals surface area contributed by atoms with Crippen molar-refractivity contribution in [3.05, 3.63) is 76.0 Å². The maximum Gasteiger partial charge on any atom is 0.192 e. The Hall–Kier alpha value is -2.44. The molecule has 0 spiro atoms. The lowest BCUT2D eigenvalue weighted by Crippen LogP contribution is -2.36. The molecule has 2 heterocycles. The van der Waals surface area contributed by atoms with Gasteiger partial charge in [0.05, 0.1) is 5.69 Å². The molecule has 0 aliphatic heterocycles. The molecule has 0 bridgehead atoms. The number of rotatable bonds is 19. The van der Waals surface area contributed by atoms with Crippen molar-refractivity contribution in [3.8, 4) is 0 Å². The third-order valence-corrected chi connectivity index (χ3v) is 9.03. The number of hydrogen-bond donors (Lipinski definition) is 5.